The van der Waals surface area contributed by atoms with Gasteiger partial charge in [-0.25, -0.2) is 23.9 Å². The van der Waals surface area contributed by atoms with Crippen LogP contribution in [0.2, 0.25) is 0 Å². The number of benzene rings is 1. The van der Waals surface area contributed by atoms with Crippen molar-refractivity contribution in [3.63, 3.8) is 0 Å². The van der Waals surface area contributed by atoms with Crippen LogP contribution < -0.4 is 17.2 Å². The van der Waals surface area contributed by atoms with Gasteiger partial charge in [0.1, 0.15) is 11.9 Å². The van der Waals surface area contributed by atoms with E-state index in [1.807, 2.05) is 0 Å². The lowest BCUT2D eigenvalue weighted by atomic mass is 10.1. The molecule has 1 amide bonds. The van der Waals surface area contributed by atoms with Crippen molar-refractivity contribution in [3.05, 3.63) is 58.9 Å². The van der Waals surface area contributed by atoms with E-state index in [9.17, 15) is 19.2 Å². The molecule has 0 saturated heterocycles. The van der Waals surface area contributed by atoms with E-state index >= 15 is 0 Å². The molecule has 0 aliphatic rings. The van der Waals surface area contributed by atoms with Crippen LogP contribution >= 0.6 is 0 Å². The molecule has 3 aromatic rings. The fourth-order valence-corrected chi connectivity index (χ4v) is 2.46. The highest BCUT2D eigenvalue weighted by Gasteiger charge is 2.18. The van der Waals surface area contributed by atoms with Crippen LogP contribution in [0.1, 0.15) is 42.9 Å². The average Bonchev–Trinajstić information content (AvgIpc) is 3.17. The van der Waals surface area contributed by atoms with Crippen molar-refractivity contribution in [1.82, 2.24) is 14.6 Å². The molecule has 13 nitrogen and oxygen atoms in total. The molecule has 3 rings (SSSR count). The number of carboxylic acids is 1. The number of carbonyl (C=O) groups excluding carboxylic acids is 3. The zero-order valence-corrected chi connectivity index (χ0v) is 17.0. The molecule has 0 spiro atoms. The SMILES string of the molecule is COC(=O)c1cc(C(=O)O)nc2cc(N)nn12.COC(=O)c1ccc([C@@H](N)C(N)=O)cc1. The summed E-state index contributed by atoms with van der Waals surface area (Å²) in [6.07, 6.45) is 0. The maximum absolute atomic E-state index is 11.5. The Morgan fingerprint density at radius 3 is 2.12 bits per heavy atom. The summed E-state index contributed by atoms with van der Waals surface area (Å²) >= 11 is 0. The molecule has 1 atom stereocenters. The van der Waals surface area contributed by atoms with Gasteiger partial charge < -0.3 is 31.8 Å². The van der Waals surface area contributed by atoms with Gasteiger partial charge in [-0.05, 0) is 17.7 Å². The lowest BCUT2D eigenvalue weighted by Crippen LogP contribution is -2.28. The zero-order chi connectivity index (χ0) is 24.0. The van der Waals surface area contributed by atoms with Crippen LogP contribution in [0.5, 0.6) is 0 Å². The second kappa shape index (κ2) is 9.99. The topological polar surface area (TPSA) is 215 Å². The van der Waals surface area contributed by atoms with E-state index in [0.29, 0.717) is 11.1 Å². The van der Waals surface area contributed by atoms with Gasteiger partial charge in [0.15, 0.2) is 17.0 Å². The molecule has 7 N–H and O–H groups in total. The Kier molecular flexibility index (Phi) is 7.42. The minimum absolute atomic E-state index is 0.0494. The van der Waals surface area contributed by atoms with Crippen LogP contribution in [0, 0.1) is 0 Å². The highest BCUT2D eigenvalue weighted by atomic mass is 16.5. The van der Waals surface area contributed by atoms with Gasteiger partial charge >= 0.3 is 17.9 Å². The summed E-state index contributed by atoms with van der Waals surface area (Å²) in [5.41, 5.74) is 16.8. The molecule has 0 radical (unpaired) electrons. The number of nitrogens with zero attached hydrogens (tertiary/aromatic N) is 3. The molecule has 1 aromatic carbocycles. The van der Waals surface area contributed by atoms with Gasteiger partial charge in [-0.2, -0.15) is 0 Å². The van der Waals surface area contributed by atoms with Crippen molar-refractivity contribution in [1.29, 1.82) is 0 Å². The van der Waals surface area contributed by atoms with Crippen LogP contribution in [0.3, 0.4) is 0 Å². The highest BCUT2D eigenvalue weighted by Crippen LogP contribution is 2.13. The van der Waals surface area contributed by atoms with Crippen LogP contribution in [0.15, 0.2) is 36.4 Å². The van der Waals surface area contributed by atoms with Crippen molar-refractivity contribution in [2.75, 3.05) is 20.0 Å². The number of fused-ring (bicyclic) bond motifs is 1. The molecular weight excluding hydrogens is 424 g/mol. The molecule has 168 valence electrons. The fraction of sp³-hybridized carbons (Fsp3) is 0.158. The lowest BCUT2D eigenvalue weighted by molar-refractivity contribution is -0.119. The number of hydrogen-bond acceptors (Lipinski definition) is 10. The molecule has 32 heavy (non-hydrogen) atoms. The van der Waals surface area contributed by atoms with Gasteiger partial charge in [-0.15, -0.1) is 5.10 Å². The Morgan fingerprint density at radius 1 is 1.03 bits per heavy atom. The van der Waals surface area contributed by atoms with Crippen LogP contribution in [0.25, 0.3) is 5.65 Å². The normalized spacial score (nSPS) is 11.1. The molecule has 0 aliphatic carbocycles. The summed E-state index contributed by atoms with van der Waals surface area (Å²) in [6.45, 7) is 0. The maximum Gasteiger partial charge on any atom is 0.356 e. The third-order valence-corrected chi connectivity index (χ3v) is 4.06. The predicted octanol–water partition coefficient (Wildman–Crippen LogP) is -0.245. The molecule has 2 heterocycles. The van der Waals surface area contributed by atoms with Crippen LogP contribution in [-0.4, -0.2) is 57.7 Å². The number of nitrogen functional groups attached to an aromatic ring is 1. The Labute approximate surface area is 180 Å². The van der Waals surface area contributed by atoms with E-state index in [0.717, 1.165) is 10.6 Å². The predicted molar refractivity (Wildman–Crippen MR) is 110 cm³/mol. The van der Waals surface area contributed by atoms with Gasteiger partial charge in [0.2, 0.25) is 5.91 Å². The van der Waals surface area contributed by atoms with Crippen LogP contribution in [0.4, 0.5) is 5.82 Å². The first kappa shape index (κ1) is 23.8. The maximum atomic E-state index is 11.5. The number of carbonyl (C=O) groups is 4. The summed E-state index contributed by atoms with van der Waals surface area (Å²) in [6, 6.07) is 7.79. The third-order valence-electron chi connectivity index (χ3n) is 4.06. The summed E-state index contributed by atoms with van der Waals surface area (Å²) in [7, 11) is 2.48. The number of carboxylic acid groups (broad SMARTS) is 1. The van der Waals surface area contributed by atoms with Crippen molar-refractivity contribution in [2.24, 2.45) is 11.5 Å². The fourth-order valence-electron chi connectivity index (χ4n) is 2.46. The first-order valence-electron chi connectivity index (χ1n) is 8.80. The van der Waals surface area contributed by atoms with E-state index in [1.54, 1.807) is 12.1 Å². The number of aromatic carboxylic acids is 1. The lowest BCUT2D eigenvalue weighted by Gasteiger charge is -2.07. The summed E-state index contributed by atoms with van der Waals surface area (Å²) in [4.78, 5) is 48.0. The molecule has 13 heteroatoms. The second-order valence-corrected chi connectivity index (χ2v) is 6.16. The number of esters is 2. The average molecular weight is 444 g/mol. The van der Waals surface area contributed by atoms with Gasteiger partial charge in [0, 0.05) is 12.1 Å². The first-order valence-corrected chi connectivity index (χ1v) is 8.80. The molecule has 0 aliphatic heterocycles. The molecule has 0 bridgehead atoms. The Morgan fingerprint density at radius 2 is 1.62 bits per heavy atom. The summed E-state index contributed by atoms with van der Waals surface area (Å²) in [5, 5.41) is 12.7. The standard InChI is InChI=1S/C10H12N2O3.C9H8N4O4/c1-15-10(14)7-4-2-6(3-5-7)8(11)9(12)13;1-17-9(16)5-2-4(8(14)15)11-7-3-6(10)12-13(5)7/h2-5,8H,11H2,1H3,(H2,12,13);2-3H,1H3,(H2,10,12)(H,14,15)/t8-;/m1./s1. The first-order chi connectivity index (χ1) is 15.1. The minimum atomic E-state index is -1.25. The molecule has 0 fully saturated rings. The van der Waals surface area contributed by atoms with Crippen molar-refractivity contribution in [3.8, 4) is 0 Å². The van der Waals surface area contributed by atoms with E-state index in [-0.39, 0.29) is 22.9 Å². The molecule has 0 unspecified atom stereocenters. The largest absolute Gasteiger partial charge is 0.477 e. The number of nitrogens with two attached hydrogens (primary N) is 3. The van der Waals surface area contributed by atoms with Gasteiger partial charge in [-0.3, -0.25) is 4.79 Å². The minimum Gasteiger partial charge on any atom is -0.477 e. The van der Waals surface area contributed by atoms with E-state index in [4.69, 9.17) is 22.3 Å². The highest BCUT2D eigenvalue weighted by molar-refractivity contribution is 5.93. The van der Waals surface area contributed by atoms with Gasteiger partial charge in [0.25, 0.3) is 0 Å². The summed E-state index contributed by atoms with van der Waals surface area (Å²) < 4.78 is 10.2. The van der Waals surface area contributed by atoms with Gasteiger partial charge in [0.05, 0.1) is 19.8 Å². The quantitative estimate of drug-likeness (QED) is 0.376. The molecular formula is C19H20N6O7. The van der Waals surface area contributed by atoms with Crippen molar-refractivity contribution in [2.45, 2.75) is 6.04 Å². The number of primary amides is 1. The van der Waals surface area contributed by atoms with Crippen molar-refractivity contribution >= 4 is 35.3 Å². The summed E-state index contributed by atoms with van der Waals surface area (Å²) in [5.74, 6) is -2.89. The Balaban J connectivity index is 0.000000229. The number of ether oxygens (including phenoxy) is 2. The number of rotatable bonds is 5. The number of amides is 1. The van der Waals surface area contributed by atoms with Gasteiger partial charge in [-0.1, -0.05) is 12.1 Å². The molecule has 0 saturated carbocycles. The number of hydrogen-bond donors (Lipinski definition) is 4. The van der Waals surface area contributed by atoms with Crippen LogP contribution in [-0.2, 0) is 14.3 Å². The monoisotopic (exact) mass is 444 g/mol. The number of anilines is 1. The van der Waals surface area contributed by atoms with E-state index in [2.05, 4.69) is 19.6 Å². The van der Waals surface area contributed by atoms with E-state index in [1.165, 1.54) is 32.4 Å². The smallest absolute Gasteiger partial charge is 0.356 e. The van der Waals surface area contributed by atoms with Crippen molar-refractivity contribution < 1.29 is 33.8 Å². The number of aromatic nitrogens is 3. The zero-order valence-electron chi connectivity index (χ0n) is 17.0. The Hall–Kier alpha value is -4.52. The second-order valence-electron chi connectivity index (χ2n) is 6.16. The third kappa shape index (κ3) is 5.34. The molecule has 2 aromatic heterocycles. The van der Waals surface area contributed by atoms with E-state index < -0.39 is 29.9 Å². The number of methoxy groups -OCH3 is 2. The Bertz CT molecular complexity index is 1170.